The molecule has 0 aliphatic heterocycles. The van der Waals surface area contributed by atoms with Crippen LogP contribution in [-0.2, 0) is 0 Å². The van der Waals surface area contributed by atoms with Crippen LogP contribution in [0, 0.1) is 23.0 Å². The van der Waals surface area contributed by atoms with Gasteiger partial charge in [-0.05, 0) is 0 Å². The first kappa shape index (κ1) is 15.6. The van der Waals surface area contributed by atoms with Crippen LogP contribution in [0.25, 0.3) is 0 Å². The van der Waals surface area contributed by atoms with E-state index in [2.05, 4.69) is 13.8 Å². The van der Waals surface area contributed by atoms with Gasteiger partial charge in [0.15, 0.2) is 0 Å². The van der Waals surface area contributed by atoms with E-state index in [0.717, 1.165) is 12.5 Å². The van der Waals surface area contributed by atoms with E-state index in [1.54, 1.807) is 0 Å². The molecule has 0 rings (SSSR count). The minimum absolute atomic E-state index is 0.750. The summed E-state index contributed by atoms with van der Waals surface area (Å²) in [4.78, 5) is 0. The lowest BCUT2D eigenvalue weighted by Gasteiger charge is -1.48. The third kappa shape index (κ3) is 68.5. The zero-order chi connectivity index (χ0) is 8.12. The SMILES string of the molecule is CCC.N#CO.N#CO. The summed E-state index contributed by atoms with van der Waals surface area (Å²) in [6.07, 6.45) is 2.75. The van der Waals surface area contributed by atoms with Crippen molar-refractivity contribution >= 4 is 0 Å². The van der Waals surface area contributed by atoms with Gasteiger partial charge in [-0.2, -0.15) is 10.5 Å². The second-order valence-corrected chi connectivity index (χ2v) is 0.907. The minimum Gasteiger partial charge on any atom is -0.443 e. The number of hydrogen-bond acceptors (Lipinski definition) is 4. The highest BCUT2D eigenvalue weighted by atomic mass is 16.2. The first-order valence-corrected chi connectivity index (χ1v) is 2.31. The highest BCUT2D eigenvalue weighted by Crippen LogP contribution is 1.56. The van der Waals surface area contributed by atoms with Crippen LogP contribution in [0.5, 0.6) is 0 Å². The van der Waals surface area contributed by atoms with E-state index in [1.807, 2.05) is 0 Å². The molecule has 0 aromatic rings. The molecule has 0 aromatic heterocycles. The molecule has 0 unspecified atom stereocenters. The molecule has 0 radical (unpaired) electrons. The van der Waals surface area contributed by atoms with Crippen molar-refractivity contribution in [3.8, 4) is 12.5 Å². The van der Waals surface area contributed by atoms with Crippen molar-refractivity contribution in [3.63, 3.8) is 0 Å². The van der Waals surface area contributed by atoms with E-state index in [1.165, 1.54) is 6.42 Å². The Labute approximate surface area is 54.6 Å². The van der Waals surface area contributed by atoms with E-state index in [4.69, 9.17) is 20.7 Å². The Bertz CT molecular complexity index is 78.1. The first-order chi connectivity index (χ1) is 4.24. The maximum absolute atomic E-state index is 6.88. The van der Waals surface area contributed by atoms with Gasteiger partial charge in [-0.25, -0.2) is 0 Å². The lowest BCUT2D eigenvalue weighted by atomic mass is 10.6. The fourth-order valence-corrected chi connectivity index (χ4v) is 0. The summed E-state index contributed by atoms with van der Waals surface area (Å²) in [5, 5.41) is 27.5. The predicted molar refractivity (Wildman–Crippen MR) is 31.1 cm³/mol. The normalized spacial score (nSPS) is 3.56. The average molecular weight is 130 g/mol. The molecule has 0 aromatic carbocycles. The quantitative estimate of drug-likeness (QED) is 0.480. The van der Waals surface area contributed by atoms with Crippen molar-refractivity contribution in [3.05, 3.63) is 0 Å². The van der Waals surface area contributed by atoms with E-state index in [9.17, 15) is 0 Å². The van der Waals surface area contributed by atoms with Crippen molar-refractivity contribution in [2.75, 3.05) is 0 Å². The first-order valence-electron chi connectivity index (χ1n) is 2.31. The third-order valence-corrected chi connectivity index (χ3v) is 0. The lowest BCUT2D eigenvalue weighted by Crippen LogP contribution is -1.27. The number of aliphatic hydroxyl groups is 2. The molecular formula is C5H10N2O2. The number of nitriles is 2. The average Bonchev–Trinajstić information content (AvgIpc) is 1.70. The molecule has 0 aliphatic rings. The number of hydrogen-bond donors (Lipinski definition) is 2. The van der Waals surface area contributed by atoms with Crippen LogP contribution in [0.1, 0.15) is 20.3 Å². The Morgan fingerprint density at radius 1 is 1.11 bits per heavy atom. The molecule has 0 bridgehead atoms. The molecule has 52 valence electrons. The summed E-state index contributed by atoms with van der Waals surface area (Å²) in [5.41, 5.74) is 0. The molecular weight excluding hydrogens is 120 g/mol. The van der Waals surface area contributed by atoms with Crippen molar-refractivity contribution in [1.29, 1.82) is 10.5 Å². The van der Waals surface area contributed by atoms with Gasteiger partial charge in [-0.15, -0.1) is 0 Å². The summed E-state index contributed by atoms with van der Waals surface area (Å²) in [6.45, 7) is 4.25. The fourth-order valence-electron chi connectivity index (χ4n) is 0. The van der Waals surface area contributed by atoms with Crippen LogP contribution in [0.2, 0.25) is 0 Å². The van der Waals surface area contributed by atoms with Gasteiger partial charge in [0.05, 0.1) is 0 Å². The highest BCUT2D eigenvalue weighted by Gasteiger charge is 1.35. The summed E-state index contributed by atoms with van der Waals surface area (Å²) >= 11 is 0. The zero-order valence-corrected chi connectivity index (χ0v) is 5.50. The molecule has 0 atom stereocenters. The summed E-state index contributed by atoms with van der Waals surface area (Å²) in [7, 11) is 0. The zero-order valence-electron chi connectivity index (χ0n) is 5.50. The third-order valence-electron chi connectivity index (χ3n) is 0. The number of rotatable bonds is 0. The lowest BCUT2D eigenvalue weighted by molar-refractivity contribution is 0.502. The van der Waals surface area contributed by atoms with Gasteiger partial charge in [0.1, 0.15) is 0 Å². The molecule has 9 heavy (non-hydrogen) atoms. The molecule has 0 saturated carbocycles. The molecule has 0 saturated heterocycles. The largest absolute Gasteiger partial charge is 0.443 e. The second kappa shape index (κ2) is 82.1. The van der Waals surface area contributed by atoms with E-state index >= 15 is 0 Å². The maximum Gasteiger partial charge on any atom is 0.283 e. The van der Waals surface area contributed by atoms with Gasteiger partial charge in [-0.3, -0.25) is 0 Å². The Morgan fingerprint density at radius 2 is 1.11 bits per heavy atom. The van der Waals surface area contributed by atoms with Crippen LogP contribution in [0.3, 0.4) is 0 Å². The van der Waals surface area contributed by atoms with Gasteiger partial charge in [0, 0.05) is 0 Å². The molecule has 0 amide bonds. The maximum atomic E-state index is 6.88. The van der Waals surface area contributed by atoms with Crippen molar-refractivity contribution < 1.29 is 10.2 Å². The Kier molecular flexibility index (Phi) is 143. The fraction of sp³-hybridized carbons (Fsp3) is 0.600. The topological polar surface area (TPSA) is 88.0 Å². The Morgan fingerprint density at radius 3 is 1.11 bits per heavy atom. The monoisotopic (exact) mass is 130 g/mol. The van der Waals surface area contributed by atoms with E-state index in [-0.39, 0.29) is 0 Å². The van der Waals surface area contributed by atoms with Gasteiger partial charge < -0.3 is 10.2 Å². The number of nitrogens with zero attached hydrogens (tertiary/aromatic N) is 2. The van der Waals surface area contributed by atoms with Crippen LogP contribution in [0.4, 0.5) is 0 Å². The van der Waals surface area contributed by atoms with Crippen LogP contribution in [0.15, 0.2) is 0 Å². The van der Waals surface area contributed by atoms with Gasteiger partial charge in [-0.1, -0.05) is 20.3 Å². The van der Waals surface area contributed by atoms with Gasteiger partial charge >= 0.3 is 0 Å². The Balaban J connectivity index is -0.0000000600. The standard InChI is InChI=1S/C3H8.2CHNO/c1-3-2;2*2-1-3/h3H2,1-2H3;2*3H. The molecule has 4 nitrogen and oxygen atoms in total. The summed E-state index contributed by atoms with van der Waals surface area (Å²) in [5.74, 6) is 0. The van der Waals surface area contributed by atoms with Crippen molar-refractivity contribution in [2.24, 2.45) is 0 Å². The second-order valence-electron chi connectivity index (χ2n) is 0.907. The van der Waals surface area contributed by atoms with E-state index < -0.39 is 0 Å². The van der Waals surface area contributed by atoms with Crippen molar-refractivity contribution in [1.82, 2.24) is 0 Å². The van der Waals surface area contributed by atoms with E-state index in [0.29, 0.717) is 0 Å². The highest BCUT2D eigenvalue weighted by molar-refractivity contribution is 4.31. The van der Waals surface area contributed by atoms with Crippen LogP contribution < -0.4 is 0 Å². The minimum atomic E-state index is 0.750. The molecule has 0 fully saturated rings. The molecule has 2 N–H and O–H groups in total. The molecule has 0 aliphatic carbocycles. The molecule has 0 spiro atoms. The predicted octanol–water partition coefficient (Wildman–Crippen LogP) is 1.10. The van der Waals surface area contributed by atoms with Gasteiger partial charge in [0.25, 0.3) is 12.5 Å². The summed E-state index contributed by atoms with van der Waals surface area (Å²) in [6, 6.07) is 0. The molecule has 0 heterocycles. The Hall–Kier alpha value is -1.42. The van der Waals surface area contributed by atoms with Crippen molar-refractivity contribution in [2.45, 2.75) is 20.3 Å². The smallest absolute Gasteiger partial charge is 0.283 e. The summed E-state index contributed by atoms with van der Waals surface area (Å²) < 4.78 is 0. The molecule has 4 heteroatoms. The number of aliphatic hydroxyl groups excluding tert-OH is 2. The van der Waals surface area contributed by atoms with Crippen LogP contribution >= 0.6 is 0 Å². The van der Waals surface area contributed by atoms with Gasteiger partial charge in [0.2, 0.25) is 0 Å². The van der Waals surface area contributed by atoms with Crippen LogP contribution in [-0.4, -0.2) is 10.2 Å².